The molecule has 0 saturated carbocycles. The summed E-state index contributed by atoms with van der Waals surface area (Å²) in [6, 6.07) is 5.68. The van der Waals surface area contributed by atoms with E-state index in [0.29, 0.717) is 11.5 Å². The van der Waals surface area contributed by atoms with Gasteiger partial charge in [0.1, 0.15) is 0 Å². The maximum absolute atomic E-state index is 9.53. The zero-order valence-corrected chi connectivity index (χ0v) is 11.2. The van der Waals surface area contributed by atoms with Crippen molar-refractivity contribution in [3.8, 4) is 11.1 Å². The van der Waals surface area contributed by atoms with E-state index in [4.69, 9.17) is 10.8 Å². The number of fused-ring (bicyclic) bond motifs is 1. The monoisotopic (exact) mass is 285 g/mol. The number of nitrogen functional groups attached to an aromatic ring is 1. The van der Waals surface area contributed by atoms with E-state index in [9.17, 15) is 5.11 Å². The number of hydrogen-bond donors (Lipinski definition) is 3. The zero-order valence-electron chi connectivity index (χ0n) is 11.2. The van der Waals surface area contributed by atoms with Crippen molar-refractivity contribution in [1.29, 1.82) is 0 Å². The summed E-state index contributed by atoms with van der Waals surface area (Å²) in [5.41, 5.74) is 8.40. The van der Waals surface area contributed by atoms with Gasteiger partial charge in [-0.3, -0.25) is 4.98 Å². The first-order valence-electron chi connectivity index (χ1n) is 6.50. The lowest BCUT2D eigenvalue weighted by molar-refractivity contribution is 0.0793. The molecule has 1 unspecified atom stereocenters. The number of rotatable bonds is 4. The van der Waals surface area contributed by atoms with Gasteiger partial charge < -0.3 is 15.9 Å². The van der Waals surface area contributed by atoms with Crippen molar-refractivity contribution in [3.63, 3.8) is 0 Å². The fourth-order valence-corrected chi connectivity index (χ4v) is 2.17. The van der Waals surface area contributed by atoms with E-state index in [-0.39, 0.29) is 13.2 Å². The molecule has 0 spiro atoms. The smallest absolute Gasteiger partial charge is 0.160 e. The van der Waals surface area contributed by atoms with Gasteiger partial charge >= 0.3 is 0 Å². The topological polar surface area (TPSA) is 110 Å². The Morgan fingerprint density at radius 1 is 1.24 bits per heavy atom. The Morgan fingerprint density at radius 3 is 2.71 bits per heavy atom. The zero-order chi connectivity index (χ0) is 14.8. The Morgan fingerprint density at radius 2 is 2.00 bits per heavy atom. The quantitative estimate of drug-likeness (QED) is 0.641. The summed E-state index contributed by atoms with van der Waals surface area (Å²) in [6.07, 6.45) is 4.25. The predicted molar refractivity (Wildman–Crippen MR) is 78.3 cm³/mol. The molecular formula is C14H15N5O2. The normalized spacial score (nSPS) is 12.7. The van der Waals surface area contributed by atoms with Gasteiger partial charge in [-0.1, -0.05) is 0 Å². The number of hydrogen-bond acceptors (Lipinski definition) is 6. The van der Waals surface area contributed by atoms with Gasteiger partial charge in [0.2, 0.25) is 0 Å². The van der Waals surface area contributed by atoms with E-state index >= 15 is 0 Å². The highest BCUT2D eigenvalue weighted by Gasteiger charge is 2.13. The Bertz CT molecular complexity index is 757. The minimum atomic E-state index is -0.894. The van der Waals surface area contributed by atoms with Crippen LogP contribution in [0.15, 0.2) is 36.8 Å². The van der Waals surface area contributed by atoms with E-state index in [1.807, 2.05) is 18.2 Å². The summed E-state index contributed by atoms with van der Waals surface area (Å²) in [6.45, 7) is -0.192. The van der Waals surface area contributed by atoms with Crippen molar-refractivity contribution in [3.05, 3.63) is 36.8 Å². The lowest BCUT2D eigenvalue weighted by Crippen LogP contribution is -2.20. The molecule has 3 rings (SSSR count). The minimum absolute atomic E-state index is 0.145. The second kappa shape index (κ2) is 5.47. The Labute approximate surface area is 120 Å². The maximum Gasteiger partial charge on any atom is 0.160 e. The largest absolute Gasteiger partial charge is 0.394 e. The van der Waals surface area contributed by atoms with E-state index in [1.165, 1.54) is 4.68 Å². The van der Waals surface area contributed by atoms with Crippen molar-refractivity contribution in [2.24, 2.45) is 0 Å². The van der Waals surface area contributed by atoms with Gasteiger partial charge in [-0.15, -0.1) is 0 Å². The van der Waals surface area contributed by atoms with E-state index in [1.54, 1.807) is 18.6 Å². The van der Waals surface area contributed by atoms with Crippen LogP contribution in [0.4, 0.5) is 5.82 Å². The van der Waals surface area contributed by atoms with Crippen molar-refractivity contribution in [2.75, 3.05) is 12.3 Å². The van der Waals surface area contributed by atoms with Crippen LogP contribution in [0.1, 0.15) is 0 Å². The molecule has 0 bridgehead atoms. The summed E-state index contributed by atoms with van der Waals surface area (Å²) in [4.78, 5) is 8.36. The van der Waals surface area contributed by atoms with Crippen LogP contribution >= 0.6 is 0 Å². The van der Waals surface area contributed by atoms with Crippen molar-refractivity contribution < 1.29 is 10.2 Å². The molecule has 0 amide bonds. The number of anilines is 1. The fraction of sp³-hybridized carbons (Fsp3) is 0.214. The molecule has 108 valence electrons. The molecule has 3 aromatic heterocycles. The van der Waals surface area contributed by atoms with Crippen molar-refractivity contribution in [1.82, 2.24) is 19.7 Å². The molecule has 0 aliphatic rings. The number of aliphatic hydroxyl groups is 2. The van der Waals surface area contributed by atoms with Gasteiger partial charge in [0, 0.05) is 24.2 Å². The Kier molecular flexibility index (Phi) is 3.51. The Hall–Kier alpha value is -2.51. The third kappa shape index (κ3) is 2.56. The molecule has 0 aliphatic heterocycles. The average molecular weight is 285 g/mol. The number of nitrogens with two attached hydrogens (primary N) is 1. The van der Waals surface area contributed by atoms with Crippen LogP contribution in [0.5, 0.6) is 0 Å². The van der Waals surface area contributed by atoms with Crippen LogP contribution in [0, 0.1) is 0 Å². The molecule has 21 heavy (non-hydrogen) atoms. The van der Waals surface area contributed by atoms with Crippen LogP contribution in [-0.4, -0.2) is 42.7 Å². The van der Waals surface area contributed by atoms with Gasteiger partial charge in [-0.2, -0.15) is 5.10 Å². The van der Waals surface area contributed by atoms with E-state index in [2.05, 4.69) is 15.1 Å². The molecule has 0 aliphatic carbocycles. The van der Waals surface area contributed by atoms with Crippen LogP contribution in [-0.2, 0) is 6.54 Å². The molecule has 3 heterocycles. The van der Waals surface area contributed by atoms with E-state index in [0.717, 1.165) is 16.5 Å². The van der Waals surface area contributed by atoms with Crippen molar-refractivity contribution in [2.45, 2.75) is 12.6 Å². The average Bonchev–Trinajstić information content (AvgIpc) is 2.84. The van der Waals surface area contributed by atoms with Gasteiger partial charge in [0.15, 0.2) is 11.5 Å². The molecule has 7 heteroatoms. The molecule has 0 radical (unpaired) electrons. The second-order valence-corrected chi connectivity index (χ2v) is 4.73. The molecule has 4 N–H and O–H groups in total. The SMILES string of the molecule is Nc1nn(CC(O)CO)c2ncc(-c3ccncc3)cc12. The highest BCUT2D eigenvalue weighted by molar-refractivity contribution is 5.89. The molecule has 7 nitrogen and oxygen atoms in total. The van der Waals surface area contributed by atoms with Gasteiger partial charge in [0.25, 0.3) is 0 Å². The molecular weight excluding hydrogens is 270 g/mol. The third-order valence-electron chi connectivity index (χ3n) is 3.22. The fourth-order valence-electron chi connectivity index (χ4n) is 2.17. The highest BCUT2D eigenvalue weighted by Crippen LogP contribution is 2.25. The summed E-state index contributed by atoms with van der Waals surface area (Å²) < 4.78 is 1.50. The maximum atomic E-state index is 9.53. The Balaban J connectivity index is 2.05. The number of aliphatic hydroxyl groups excluding tert-OH is 2. The number of aromatic nitrogens is 4. The third-order valence-corrected chi connectivity index (χ3v) is 3.22. The molecule has 1 atom stereocenters. The van der Waals surface area contributed by atoms with Crippen LogP contribution in [0.2, 0.25) is 0 Å². The van der Waals surface area contributed by atoms with Crippen molar-refractivity contribution >= 4 is 16.9 Å². The second-order valence-electron chi connectivity index (χ2n) is 4.73. The first kappa shape index (κ1) is 13.5. The first-order chi connectivity index (χ1) is 10.2. The van der Waals surface area contributed by atoms with Crippen LogP contribution < -0.4 is 5.73 Å². The van der Waals surface area contributed by atoms with Gasteiger partial charge in [-0.25, -0.2) is 9.67 Å². The van der Waals surface area contributed by atoms with Gasteiger partial charge in [-0.05, 0) is 23.8 Å². The standard InChI is InChI=1S/C14H15N5O2/c15-13-12-5-10(9-1-3-16-4-2-9)6-17-14(12)19(18-13)7-11(21)8-20/h1-6,11,20-21H,7-8H2,(H2,15,18). The van der Waals surface area contributed by atoms with Crippen LogP contribution in [0.3, 0.4) is 0 Å². The number of nitrogens with zero attached hydrogens (tertiary/aromatic N) is 4. The highest BCUT2D eigenvalue weighted by atomic mass is 16.3. The molecule has 0 fully saturated rings. The minimum Gasteiger partial charge on any atom is -0.394 e. The first-order valence-corrected chi connectivity index (χ1v) is 6.50. The summed E-state index contributed by atoms with van der Waals surface area (Å²) in [5, 5.41) is 23.3. The summed E-state index contributed by atoms with van der Waals surface area (Å²) in [7, 11) is 0. The number of pyridine rings is 2. The molecule has 0 aromatic carbocycles. The lowest BCUT2D eigenvalue weighted by atomic mass is 10.1. The van der Waals surface area contributed by atoms with Gasteiger partial charge in [0.05, 0.1) is 24.6 Å². The van der Waals surface area contributed by atoms with E-state index < -0.39 is 6.10 Å². The van der Waals surface area contributed by atoms with Crippen LogP contribution in [0.25, 0.3) is 22.2 Å². The lowest BCUT2D eigenvalue weighted by Gasteiger charge is -2.07. The molecule has 3 aromatic rings. The summed E-state index contributed by atoms with van der Waals surface area (Å²) in [5.74, 6) is 0.346. The predicted octanol–water partition coefficient (Wildman–Crippen LogP) is 0.429. The molecule has 0 saturated heterocycles. The summed E-state index contributed by atoms with van der Waals surface area (Å²) >= 11 is 0.